The lowest BCUT2D eigenvalue weighted by atomic mass is 9.90. The molecule has 4 rings (SSSR count). The van der Waals surface area contributed by atoms with Crippen LogP contribution in [0.2, 0.25) is 0 Å². The topological polar surface area (TPSA) is 137 Å². The summed E-state index contributed by atoms with van der Waals surface area (Å²) in [4.78, 5) is 37.9. The van der Waals surface area contributed by atoms with Gasteiger partial charge in [0.15, 0.2) is 0 Å². The smallest absolute Gasteiger partial charge is 0.254 e. The Balaban J connectivity index is 1.48. The summed E-state index contributed by atoms with van der Waals surface area (Å²) in [6.07, 6.45) is 6.80. The highest BCUT2D eigenvalue weighted by Crippen LogP contribution is 2.33. The number of benzene rings is 1. The lowest BCUT2D eigenvalue weighted by Crippen LogP contribution is -2.42. The number of rotatable bonds is 8. The Morgan fingerprint density at radius 1 is 1.39 bits per heavy atom. The molecule has 188 valence electrons. The van der Waals surface area contributed by atoms with Crippen LogP contribution in [0.4, 0.5) is 5.95 Å². The van der Waals surface area contributed by atoms with Crippen LogP contribution in [0.3, 0.4) is 0 Å². The van der Waals surface area contributed by atoms with Crippen molar-refractivity contribution in [2.45, 2.75) is 44.3 Å². The van der Waals surface area contributed by atoms with E-state index < -0.39 is 5.91 Å². The summed E-state index contributed by atoms with van der Waals surface area (Å²) in [5, 5.41) is 12.5. The van der Waals surface area contributed by atoms with Crippen molar-refractivity contribution in [2.24, 2.45) is 5.73 Å². The number of nitriles is 1. The predicted molar refractivity (Wildman–Crippen MR) is 135 cm³/mol. The van der Waals surface area contributed by atoms with Gasteiger partial charge >= 0.3 is 0 Å². The molecule has 2 heterocycles. The molecule has 0 radical (unpaired) electrons. The molecule has 0 saturated heterocycles. The van der Waals surface area contributed by atoms with Crippen molar-refractivity contribution in [1.29, 1.82) is 5.26 Å². The molecule has 2 amide bonds. The van der Waals surface area contributed by atoms with Crippen LogP contribution in [-0.4, -0.2) is 71.4 Å². The number of aromatic nitrogens is 2. The summed E-state index contributed by atoms with van der Waals surface area (Å²) in [5.41, 5.74) is 8.56. The third-order valence-electron chi connectivity index (χ3n) is 6.67. The van der Waals surface area contributed by atoms with Gasteiger partial charge in [-0.05, 0) is 57.0 Å². The molecule has 1 saturated carbocycles. The number of likely N-dealkylation sites (N-methyl/N-ethyl adjacent to an activating group) is 1. The number of hydrogen-bond donors (Lipinski definition) is 2. The van der Waals surface area contributed by atoms with Crippen molar-refractivity contribution in [3.63, 3.8) is 0 Å². The second-order valence-electron chi connectivity index (χ2n) is 9.44. The molecule has 1 aromatic heterocycles. The van der Waals surface area contributed by atoms with Crippen molar-refractivity contribution >= 4 is 23.3 Å². The molecule has 1 aliphatic heterocycles. The van der Waals surface area contributed by atoms with E-state index in [9.17, 15) is 9.59 Å². The number of nitrogens with two attached hydrogens (primary N) is 1. The van der Waals surface area contributed by atoms with Gasteiger partial charge in [0.05, 0.1) is 13.3 Å². The number of methoxy groups -OCH3 is 1. The van der Waals surface area contributed by atoms with Crippen LogP contribution in [-0.2, 0) is 11.3 Å². The van der Waals surface area contributed by atoms with Gasteiger partial charge in [-0.2, -0.15) is 10.2 Å². The van der Waals surface area contributed by atoms with E-state index in [-0.39, 0.29) is 29.4 Å². The first-order valence-electron chi connectivity index (χ1n) is 12.0. The van der Waals surface area contributed by atoms with E-state index in [0.29, 0.717) is 35.7 Å². The molecule has 0 spiro atoms. The number of hydrogen-bond acceptors (Lipinski definition) is 8. The van der Waals surface area contributed by atoms with E-state index in [1.807, 2.05) is 42.1 Å². The summed E-state index contributed by atoms with van der Waals surface area (Å²) in [5.74, 6) is 0.103. The first-order chi connectivity index (χ1) is 17.3. The van der Waals surface area contributed by atoms with E-state index >= 15 is 0 Å². The van der Waals surface area contributed by atoms with Gasteiger partial charge in [-0.3, -0.25) is 9.59 Å². The van der Waals surface area contributed by atoms with Crippen LogP contribution in [0.25, 0.3) is 5.57 Å². The van der Waals surface area contributed by atoms with Crippen LogP contribution in [0, 0.1) is 11.3 Å². The molecule has 2 aromatic rings. The fourth-order valence-corrected chi connectivity index (χ4v) is 4.85. The second-order valence-corrected chi connectivity index (χ2v) is 9.44. The number of carbonyl (C=O) groups excluding carboxylic acids is 2. The maximum absolute atomic E-state index is 13.4. The Hall–Kier alpha value is -3.97. The Morgan fingerprint density at radius 3 is 2.89 bits per heavy atom. The summed E-state index contributed by atoms with van der Waals surface area (Å²) in [6.45, 7) is 1.11. The SMILES string of the molecule is COc1nc(N[C@@H]2CCC[C@H](N3Cc4ccc(C(=CCN(C)C)C(N)=O)cc4C3=O)C2)ncc1C#N. The van der Waals surface area contributed by atoms with E-state index in [2.05, 4.69) is 15.3 Å². The van der Waals surface area contributed by atoms with Crippen molar-refractivity contribution < 1.29 is 14.3 Å². The van der Waals surface area contributed by atoms with Crippen LogP contribution < -0.4 is 15.8 Å². The number of nitrogens with one attached hydrogen (secondary N) is 1. The van der Waals surface area contributed by atoms with Gasteiger partial charge in [0.2, 0.25) is 17.7 Å². The number of fused-ring (bicyclic) bond motifs is 1. The highest BCUT2D eigenvalue weighted by Gasteiger charge is 2.36. The van der Waals surface area contributed by atoms with Gasteiger partial charge in [0.25, 0.3) is 5.91 Å². The van der Waals surface area contributed by atoms with Crippen molar-refractivity contribution in [3.05, 3.63) is 52.7 Å². The van der Waals surface area contributed by atoms with Gasteiger partial charge in [-0.15, -0.1) is 0 Å². The minimum Gasteiger partial charge on any atom is -0.480 e. The van der Waals surface area contributed by atoms with Gasteiger partial charge in [0, 0.05) is 36.3 Å². The normalized spacial score (nSPS) is 19.7. The number of ether oxygens (including phenoxy) is 1. The third kappa shape index (κ3) is 5.31. The largest absolute Gasteiger partial charge is 0.480 e. The quantitative estimate of drug-likeness (QED) is 0.538. The molecule has 2 aliphatic rings. The molecule has 3 N–H and O–H groups in total. The lowest BCUT2D eigenvalue weighted by Gasteiger charge is -2.35. The predicted octanol–water partition coefficient (Wildman–Crippen LogP) is 2.17. The van der Waals surface area contributed by atoms with E-state index in [1.54, 1.807) is 12.1 Å². The van der Waals surface area contributed by atoms with E-state index in [1.165, 1.54) is 13.3 Å². The third-order valence-corrected chi connectivity index (χ3v) is 6.67. The van der Waals surface area contributed by atoms with Gasteiger partial charge in [-0.25, -0.2) is 4.98 Å². The van der Waals surface area contributed by atoms with E-state index in [4.69, 9.17) is 15.7 Å². The average Bonchev–Trinajstić information content (AvgIpc) is 3.19. The monoisotopic (exact) mass is 489 g/mol. The van der Waals surface area contributed by atoms with Crippen molar-refractivity contribution in [1.82, 2.24) is 19.8 Å². The first kappa shape index (κ1) is 25.1. The van der Waals surface area contributed by atoms with Crippen LogP contribution in [0.1, 0.15) is 52.7 Å². The lowest BCUT2D eigenvalue weighted by molar-refractivity contribution is -0.112. The van der Waals surface area contributed by atoms with Crippen LogP contribution >= 0.6 is 0 Å². The molecule has 0 bridgehead atoms. The molecule has 10 heteroatoms. The summed E-state index contributed by atoms with van der Waals surface area (Å²) < 4.78 is 5.18. The first-order valence-corrected chi connectivity index (χ1v) is 12.0. The van der Waals surface area contributed by atoms with Crippen molar-refractivity contribution in [2.75, 3.05) is 33.1 Å². The number of carbonyl (C=O) groups is 2. The van der Waals surface area contributed by atoms with E-state index in [0.717, 1.165) is 31.2 Å². The maximum atomic E-state index is 13.4. The molecule has 36 heavy (non-hydrogen) atoms. The van der Waals surface area contributed by atoms with Crippen molar-refractivity contribution in [3.8, 4) is 11.9 Å². The van der Waals surface area contributed by atoms with Crippen LogP contribution in [0.15, 0.2) is 30.5 Å². The summed E-state index contributed by atoms with van der Waals surface area (Å²) in [6, 6.07) is 7.74. The summed E-state index contributed by atoms with van der Waals surface area (Å²) in [7, 11) is 5.29. The summed E-state index contributed by atoms with van der Waals surface area (Å²) >= 11 is 0. The zero-order valence-electron chi connectivity index (χ0n) is 20.8. The molecular weight excluding hydrogens is 458 g/mol. The number of anilines is 1. The minimum atomic E-state index is -0.512. The minimum absolute atomic E-state index is 0.0229. The molecule has 1 fully saturated rings. The van der Waals surface area contributed by atoms with Crippen LogP contribution in [0.5, 0.6) is 5.88 Å². The van der Waals surface area contributed by atoms with Gasteiger partial charge in [0.1, 0.15) is 11.6 Å². The number of amides is 2. The molecule has 10 nitrogen and oxygen atoms in total. The van der Waals surface area contributed by atoms with Gasteiger partial charge < -0.3 is 25.6 Å². The Bertz CT molecular complexity index is 1230. The Morgan fingerprint density at radius 2 is 2.19 bits per heavy atom. The zero-order valence-corrected chi connectivity index (χ0v) is 20.8. The molecular formula is C26H31N7O3. The molecule has 1 aromatic carbocycles. The highest BCUT2D eigenvalue weighted by molar-refractivity contribution is 6.19. The van der Waals surface area contributed by atoms with Gasteiger partial charge in [-0.1, -0.05) is 18.2 Å². The molecule has 1 aliphatic carbocycles. The fraction of sp³-hybridized carbons (Fsp3) is 0.423. The Kier molecular flexibility index (Phi) is 7.50. The Labute approximate surface area is 210 Å². The molecule has 0 unspecified atom stereocenters. The standard InChI is InChI=1S/C26H31N7O3/c1-32(2)10-9-21(23(28)34)16-7-8-17-15-33(25(35)22(17)11-16)20-6-4-5-19(12-20)30-26-29-14-18(13-27)24(31-26)36-3/h7-9,11,14,19-20H,4-6,10,12,15H2,1-3H3,(H2,28,34)(H,29,30,31)/t19-,20+/m1/s1. The number of nitrogens with zero attached hydrogens (tertiary/aromatic N) is 5. The number of primary amides is 1. The fourth-order valence-electron chi connectivity index (χ4n) is 4.85. The average molecular weight is 490 g/mol. The molecule has 2 atom stereocenters. The zero-order chi connectivity index (χ0) is 25.8. The highest BCUT2D eigenvalue weighted by atomic mass is 16.5. The maximum Gasteiger partial charge on any atom is 0.254 e. The second kappa shape index (κ2) is 10.7.